The van der Waals surface area contributed by atoms with Gasteiger partial charge in [0.25, 0.3) is 0 Å². The van der Waals surface area contributed by atoms with Crippen molar-refractivity contribution < 1.29 is 8.78 Å². The van der Waals surface area contributed by atoms with Crippen molar-refractivity contribution in [2.75, 3.05) is 0 Å². The summed E-state index contributed by atoms with van der Waals surface area (Å²) in [6, 6.07) is 2.97. The highest BCUT2D eigenvalue weighted by atomic mass is 19.1. The predicted molar refractivity (Wildman–Crippen MR) is 53.3 cm³/mol. The van der Waals surface area contributed by atoms with Crippen LogP contribution in [0, 0.1) is 11.6 Å². The van der Waals surface area contributed by atoms with Crippen molar-refractivity contribution >= 4 is 10.9 Å². The molecule has 0 amide bonds. The molecule has 0 saturated heterocycles. The lowest BCUT2D eigenvalue weighted by Crippen LogP contribution is -2.22. The van der Waals surface area contributed by atoms with Crippen molar-refractivity contribution in [1.82, 2.24) is 4.98 Å². The van der Waals surface area contributed by atoms with E-state index in [0.717, 1.165) is 0 Å². The van der Waals surface area contributed by atoms with Gasteiger partial charge in [0.05, 0.1) is 5.52 Å². The Morgan fingerprint density at radius 1 is 1.33 bits per heavy atom. The minimum atomic E-state index is -0.784. The topological polar surface area (TPSA) is 41.8 Å². The molecule has 1 aromatic carbocycles. The Morgan fingerprint density at radius 3 is 2.73 bits per heavy atom. The van der Waals surface area contributed by atoms with Gasteiger partial charge in [0.2, 0.25) is 0 Å². The molecular weight excluding hydrogens is 198 g/mol. The average Bonchev–Trinajstić information content (AvgIpc) is 2.75. The zero-order valence-electron chi connectivity index (χ0n) is 7.98. The largest absolute Gasteiger partial charge is 0.359 e. The molecule has 1 aliphatic rings. The zero-order valence-corrected chi connectivity index (χ0v) is 7.98. The van der Waals surface area contributed by atoms with E-state index in [2.05, 4.69) is 4.98 Å². The van der Waals surface area contributed by atoms with Crippen molar-refractivity contribution in [3.8, 4) is 0 Å². The van der Waals surface area contributed by atoms with Gasteiger partial charge in [-0.1, -0.05) is 0 Å². The second-order valence-corrected chi connectivity index (χ2v) is 4.15. The van der Waals surface area contributed by atoms with E-state index in [1.165, 1.54) is 6.07 Å². The monoisotopic (exact) mass is 208 g/mol. The number of hydrogen-bond donors (Lipinski definition) is 2. The molecule has 1 aliphatic carbocycles. The van der Waals surface area contributed by atoms with Crippen LogP contribution in [0.2, 0.25) is 0 Å². The highest BCUT2D eigenvalue weighted by Gasteiger charge is 2.44. The van der Waals surface area contributed by atoms with Gasteiger partial charge in [-0.15, -0.1) is 0 Å². The molecule has 2 nitrogen and oxygen atoms in total. The van der Waals surface area contributed by atoms with E-state index < -0.39 is 17.2 Å². The quantitative estimate of drug-likeness (QED) is 0.742. The highest BCUT2D eigenvalue weighted by Crippen LogP contribution is 2.45. The second kappa shape index (κ2) is 2.58. The van der Waals surface area contributed by atoms with Crippen LogP contribution in [-0.2, 0) is 5.54 Å². The van der Waals surface area contributed by atoms with E-state index >= 15 is 0 Å². The van der Waals surface area contributed by atoms with E-state index in [1.54, 1.807) is 12.3 Å². The maximum absolute atomic E-state index is 13.9. The van der Waals surface area contributed by atoms with Crippen LogP contribution in [0.4, 0.5) is 8.78 Å². The van der Waals surface area contributed by atoms with Crippen molar-refractivity contribution in [3.63, 3.8) is 0 Å². The summed E-state index contributed by atoms with van der Waals surface area (Å²) >= 11 is 0. The third-order valence-electron chi connectivity index (χ3n) is 3.03. The smallest absolute Gasteiger partial charge is 0.155 e. The molecule has 0 bridgehead atoms. The molecular formula is C11H10F2N2. The summed E-state index contributed by atoms with van der Waals surface area (Å²) < 4.78 is 27.6. The molecule has 3 N–H and O–H groups in total. The van der Waals surface area contributed by atoms with E-state index in [-0.39, 0.29) is 5.56 Å². The predicted octanol–water partition coefficient (Wildman–Crippen LogP) is 2.39. The minimum absolute atomic E-state index is 0.0254. The van der Waals surface area contributed by atoms with Crippen LogP contribution >= 0.6 is 0 Å². The van der Waals surface area contributed by atoms with Crippen molar-refractivity contribution in [1.29, 1.82) is 0 Å². The Kier molecular flexibility index (Phi) is 1.52. The summed E-state index contributed by atoms with van der Waals surface area (Å²) in [7, 11) is 0. The molecule has 0 atom stereocenters. The van der Waals surface area contributed by atoms with Gasteiger partial charge in [0.1, 0.15) is 5.82 Å². The number of hydrogen-bond acceptors (Lipinski definition) is 1. The summed E-state index contributed by atoms with van der Waals surface area (Å²) in [6.45, 7) is 0. The summed E-state index contributed by atoms with van der Waals surface area (Å²) in [5, 5.41) is 0.540. The van der Waals surface area contributed by atoms with Crippen LogP contribution in [0.15, 0.2) is 18.3 Å². The molecule has 4 heteroatoms. The van der Waals surface area contributed by atoms with Crippen LogP contribution in [-0.4, -0.2) is 4.98 Å². The fourth-order valence-corrected chi connectivity index (χ4v) is 1.97. The Hall–Kier alpha value is -1.42. The molecule has 1 aromatic heterocycles. The fraction of sp³-hybridized carbons (Fsp3) is 0.273. The first-order valence-corrected chi connectivity index (χ1v) is 4.86. The van der Waals surface area contributed by atoms with Crippen molar-refractivity contribution in [2.24, 2.45) is 5.73 Å². The van der Waals surface area contributed by atoms with E-state index in [9.17, 15) is 8.78 Å². The molecule has 0 aliphatic heterocycles. The molecule has 3 rings (SSSR count). The molecule has 1 saturated carbocycles. The van der Waals surface area contributed by atoms with E-state index in [4.69, 9.17) is 5.73 Å². The summed E-state index contributed by atoms with van der Waals surface area (Å²) in [4.78, 5) is 2.76. The maximum atomic E-state index is 13.9. The average molecular weight is 208 g/mol. The maximum Gasteiger partial charge on any atom is 0.155 e. The van der Waals surface area contributed by atoms with Gasteiger partial charge in [-0.05, 0) is 25.0 Å². The third-order valence-corrected chi connectivity index (χ3v) is 3.03. The highest BCUT2D eigenvalue weighted by molar-refractivity contribution is 5.81. The molecule has 78 valence electrons. The number of fused-ring (bicyclic) bond motifs is 1. The summed E-state index contributed by atoms with van der Waals surface area (Å²) in [5.41, 5.74) is 5.41. The van der Waals surface area contributed by atoms with Crippen LogP contribution in [0.1, 0.15) is 18.4 Å². The number of H-pyrrole nitrogens is 1. The molecule has 0 radical (unpaired) electrons. The van der Waals surface area contributed by atoms with Gasteiger partial charge in [0, 0.05) is 22.7 Å². The molecule has 15 heavy (non-hydrogen) atoms. The number of aromatic nitrogens is 1. The Labute approximate surface area is 85.1 Å². The van der Waals surface area contributed by atoms with Crippen LogP contribution in [0.3, 0.4) is 0 Å². The Morgan fingerprint density at radius 2 is 2.07 bits per heavy atom. The van der Waals surface area contributed by atoms with Gasteiger partial charge in [-0.3, -0.25) is 0 Å². The second-order valence-electron chi connectivity index (χ2n) is 4.15. The van der Waals surface area contributed by atoms with Gasteiger partial charge in [0.15, 0.2) is 5.82 Å². The zero-order chi connectivity index (χ0) is 10.6. The minimum Gasteiger partial charge on any atom is -0.359 e. The molecule has 0 spiro atoms. The molecule has 2 aromatic rings. The first-order chi connectivity index (χ1) is 7.12. The summed E-state index contributed by atoms with van der Waals surface area (Å²) in [5.74, 6) is -1.09. The van der Waals surface area contributed by atoms with Crippen LogP contribution in [0.5, 0.6) is 0 Å². The molecule has 0 unspecified atom stereocenters. The lowest BCUT2D eigenvalue weighted by molar-refractivity contribution is 0.527. The number of nitrogens with two attached hydrogens (primary N) is 1. The first kappa shape index (κ1) is 8.85. The van der Waals surface area contributed by atoms with Crippen molar-refractivity contribution in [2.45, 2.75) is 18.4 Å². The number of halogens is 2. The number of nitrogens with one attached hydrogen (secondary N) is 1. The Balaban J connectivity index is 2.37. The normalized spacial score (nSPS) is 18.3. The third kappa shape index (κ3) is 1.11. The molecule has 1 fully saturated rings. The lowest BCUT2D eigenvalue weighted by atomic mass is 10.0. The van der Waals surface area contributed by atoms with E-state index in [1.807, 2.05) is 0 Å². The number of rotatable bonds is 1. The van der Waals surface area contributed by atoms with Gasteiger partial charge in [-0.25, -0.2) is 8.78 Å². The van der Waals surface area contributed by atoms with Crippen LogP contribution < -0.4 is 5.73 Å². The first-order valence-electron chi connectivity index (χ1n) is 4.86. The standard InChI is InChI=1S/C11H10F2N2/c12-7-5-6-1-4-15-10(6)9(13)8(7)11(14)2-3-11/h1,4-5,15H,2-3,14H2. The SMILES string of the molecule is NC1(c2c(F)cc3cc[nH]c3c2F)CC1. The van der Waals surface area contributed by atoms with Gasteiger partial charge < -0.3 is 10.7 Å². The number of benzene rings is 1. The van der Waals surface area contributed by atoms with Crippen LogP contribution in [0.25, 0.3) is 10.9 Å². The number of aromatic amines is 1. The fourth-order valence-electron chi connectivity index (χ4n) is 1.97. The van der Waals surface area contributed by atoms with E-state index in [0.29, 0.717) is 23.7 Å². The Bertz CT molecular complexity index is 541. The van der Waals surface area contributed by atoms with Gasteiger partial charge >= 0.3 is 0 Å². The lowest BCUT2D eigenvalue weighted by Gasteiger charge is -2.12. The van der Waals surface area contributed by atoms with Gasteiger partial charge in [-0.2, -0.15) is 0 Å². The summed E-state index contributed by atoms with van der Waals surface area (Å²) in [6.07, 6.45) is 2.88. The van der Waals surface area contributed by atoms with Crippen molar-refractivity contribution in [3.05, 3.63) is 35.5 Å². The molecule has 1 heterocycles.